The maximum absolute atomic E-state index is 13.3. The predicted octanol–water partition coefficient (Wildman–Crippen LogP) is 1.62. The van der Waals surface area contributed by atoms with Gasteiger partial charge in [-0.1, -0.05) is 0 Å². The third-order valence-corrected chi connectivity index (χ3v) is 3.22. The molecule has 0 aliphatic carbocycles. The number of nitrogens with one attached hydrogen (secondary N) is 2. The van der Waals surface area contributed by atoms with Gasteiger partial charge in [-0.3, -0.25) is 9.48 Å². The van der Waals surface area contributed by atoms with Crippen LogP contribution in [0.25, 0.3) is 0 Å². The average Bonchev–Trinajstić information content (AvgIpc) is 2.78. The van der Waals surface area contributed by atoms with Gasteiger partial charge in [-0.05, 0) is 19.9 Å². The Balaban J connectivity index is 2.13. The molecule has 0 saturated carbocycles. The highest BCUT2D eigenvalue weighted by atomic mass is 19.1. The van der Waals surface area contributed by atoms with Gasteiger partial charge < -0.3 is 10.6 Å². The highest BCUT2D eigenvalue weighted by Crippen LogP contribution is 2.14. The zero-order chi connectivity index (χ0) is 15.4. The van der Waals surface area contributed by atoms with Crippen LogP contribution in [0.2, 0.25) is 0 Å². The molecule has 0 atom stereocenters. The van der Waals surface area contributed by atoms with E-state index in [1.165, 1.54) is 6.07 Å². The molecule has 2 aromatic rings. The van der Waals surface area contributed by atoms with E-state index in [1.54, 1.807) is 10.9 Å². The van der Waals surface area contributed by atoms with Crippen molar-refractivity contribution in [2.75, 3.05) is 11.9 Å². The fraction of sp³-hybridized carbons (Fsp3) is 0.357. The number of nitrogens with zero attached hydrogens (tertiary/aromatic N) is 3. The summed E-state index contributed by atoms with van der Waals surface area (Å²) in [5.74, 6) is -0.542. The molecule has 2 N–H and O–H groups in total. The second-order valence-electron chi connectivity index (χ2n) is 4.64. The van der Waals surface area contributed by atoms with E-state index in [2.05, 4.69) is 20.7 Å². The molecule has 0 aliphatic heterocycles. The van der Waals surface area contributed by atoms with E-state index in [-0.39, 0.29) is 11.5 Å². The third kappa shape index (κ3) is 3.36. The molecule has 0 fully saturated rings. The molecule has 0 bridgehead atoms. The summed E-state index contributed by atoms with van der Waals surface area (Å²) in [7, 11) is 1.83. The lowest BCUT2D eigenvalue weighted by molar-refractivity contribution is 0.0951. The molecule has 2 aromatic heterocycles. The predicted molar refractivity (Wildman–Crippen MR) is 77.5 cm³/mol. The minimum atomic E-state index is -0.542. The van der Waals surface area contributed by atoms with Crippen molar-refractivity contribution in [3.8, 4) is 0 Å². The zero-order valence-electron chi connectivity index (χ0n) is 12.3. The van der Waals surface area contributed by atoms with Crippen molar-refractivity contribution < 1.29 is 9.18 Å². The highest BCUT2D eigenvalue weighted by molar-refractivity contribution is 5.98. The maximum Gasteiger partial charge on any atom is 0.255 e. The number of rotatable bonds is 5. The molecular formula is C14H18FN5O. The number of aryl methyl sites for hydroxylation is 1. The Morgan fingerprint density at radius 3 is 2.81 bits per heavy atom. The number of halogens is 1. The summed E-state index contributed by atoms with van der Waals surface area (Å²) < 4.78 is 15.0. The summed E-state index contributed by atoms with van der Waals surface area (Å²) >= 11 is 0. The van der Waals surface area contributed by atoms with E-state index in [0.717, 1.165) is 17.5 Å². The Morgan fingerprint density at radius 2 is 2.19 bits per heavy atom. The molecular weight excluding hydrogens is 273 g/mol. The van der Waals surface area contributed by atoms with E-state index in [0.29, 0.717) is 18.9 Å². The smallest absolute Gasteiger partial charge is 0.255 e. The van der Waals surface area contributed by atoms with Crippen LogP contribution in [0.4, 0.5) is 10.2 Å². The van der Waals surface area contributed by atoms with Gasteiger partial charge in [-0.25, -0.2) is 9.37 Å². The average molecular weight is 291 g/mol. The van der Waals surface area contributed by atoms with E-state index in [1.807, 2.05) is 20.9 Å². The van der Waals surface area contributed by atoms with Crippen LogP contribution >= 0.6 is 0 Å². The molecule has 21 heavy (non-hydrogen) atoms. The lowest BCUT2D eigenvalue weighted by atomic mass is 10.2. The third-order valence-electron chi connectivity index (χ3n) is 3.22. The van der Waals surface area contributed by atoms with Crippen molar-refractivity contribution in [3.05, 3.63) is 41.1 Å². The Kier molecular flexibility index (Phi) is 4.52. The lowest BCUT2D eigenvalue weighted by Gasteiger charge is -2.10. The van der Waals surface area contributed by atoms with Gasteiger partial charge in [0.05, 0.1) is 18.0 Å². The molecule has 7 heteroatoms. The number of pyridine rings is 1. The minimum absolute atomic E-state index is 0.193. The van der Waals surface area contributed by atoms with Crippen LogP contribution in [0, 0.1) is 12.7 Å². The second kappa shape index (κ2) is 6.34. The Labute approximate surface area is 122 Å². The van der Waals surface area contributed by atoms with Gasteiger partial charge in [0.1, 0.15) is 11.6 Å². The summed E-state index contributed by atoms with van der Waals surface area (Å²) in [6.45, 7) is 4.73. The van der Waals surface area contributed by atoms with Crippen LogP contribution in [0.3, 0.4) is 0 Å². The Morgan fingerprint density at radius 1 is 1.43 bits per heavy atom. The van der Waals surface area contributed by atoms with Gasteiger partial charge in [0.2, 0.25) is 0 Å². The van der Waals surface area contributed by atoms with Gasteiger partial charge in [0, 0.05) is 31.4 Å². The van der Waals surface area contributed by atoms with Crippen LogP contribution in [-0.2, 0) is 13.6 Å². The molecule has 0 spiro atoms. The number of aromatic nitrogens is 3. The lowest BCUT2D eigenvalue weighted by Crippen LogP contribution is -2.24. The number of hydrogen-bond donors (Lipinski definition) is 2. The number of hydrogen-bond acceptors (Lipinski definition) is 4. The summed E-state index contributed by atoms with van der Waals surface area (Å²) in [6, 6.07) is 1.18. The summed E-state index contributed by atoms with van der Waals surface area (Å²) in [6.07, 6.45) is 2.78. The van der Waals surface area contributed by atoms with E-state index < -0.39 is 5.82 Å². The fourth-order valence-corrected chi connectivity index (χ4v) is 1.91. The van der Waals surface area contributed by atoms with E-state index in [9.17, 15) is 9.18 Å². The number of anilines is 1. The molecule has 0 aliphatic rings. The molecule has 0 aromatic carbocycles. The van der Waals surface area contributed by atoms with Crippen molar-refractivity contribution >= 4 is 11.7 Å². The minimum Gasteiger partial charge on any atom is -0.370 e. The summed E-state index contributed by atoms with van der Waals surface area (Å²) in [5, 5.41) is 9.81. The first-order valence-electron chi connectivity index (χ1n) is 6.68. The first-order chi connectivity index (χ1) is 10.0. The van der Waals surface area contributed by atoms with Crippen LogP contribution in [-0.4, -0.2) is 27.2 Å². The van der Waals surface area contributed by atoms with Crippen LogP contribution in [0.5, 0.6) is 0 Å². The van der Waals surface area contributed by atoms with Crippen LogP contribution in [0.1, 0.15) is 28.5 Å². The standard InChI is InChI=1S/C14H18FN5O/c1-4-16-13-12(5-11(15)8-17-13)14(21)18-6-10-7-19-20(3)9(10)2/h5,7-8H,4,6H2,1-3H3,(H,16,17)(H,18,21). The van der Waals surface area contributed by atoms with Gasteiger partial charge in [-0.2, -0.15) is 5.10 Å². The summed E-state index contributed by atoms with van der Waals surface area (Å²) in [5.41, 5.74) is 2.08. The molecule has 2 rings (SSSR count). The second-order valence-corrected chi connectivity index (χ2v) is 4.64. The zero-order valence-corrected chi connectivity index (χ0v) is 12.3. The summed E-state index contributed by atoms with van der Waals surface area (Å²) in [4.78, 5) is 16.1. The van der Waals surface area contributed by atoms with E-state index in [4.69, 9.17) is 0 Å². The SMILES string of the molecule is CCNc1ncc(F)cc1C(=O)NCc1cnn(C)c1C. The van der Waals surface area contributed by atoms with Gasteiger partial charge in [-0.15, -0.1) is 0 Å². The van der Waals surface area contributed by atoms with Crippen molar-refractivity contribution in [1.82, 2.24) is 20.1 Å². The molecule has 0 radical (unpaired) electrons. The van der Waals surface area contributed by atoms with Crippen molar-refractivity contribution in [1.29, 1.82) is 0 Å². The van der Waals surface area contributed by atoms with Gasteiger partial charge in [0.15, 0.2) is 0 Å². The normalized spacial score (nSPS) is 10.5. The number of amides is 1. The molecule has 2 heterocycles. The largest absolute Gasteiger partial charge is 0.370 e. The van der Waals surface area contributed by atoms with Crippen molar-refractivity contribution in [2.24, 2.45) is 7.05 Å². The topological polar surface area (TPSA) is 71.8 Å². The monoisotopic (exact) mass is 291 g/mol. The number of carbonyl (C=O) groups excluding carboxylic acids is 1. The quantitative estimate of drug-likeness (QED) is 0.878. The van der Waals surface area contributed by atoms with E-state index >= 15 is 0 Å². The van der Waals surface area contributed by atoms with Crippen molar-refractivity contribution in [2.45, 2.75) is 20.4 Å². The Hall–Kier alpha value is -2.44. The molecule has 0 unspecified atom stereocenters. The fourth-order valence-electron chi connectivity index (χ4n) is 1.91. The van der Waals surface area contributed by atoms with Crippen molar-refractivity contribution in [3.63, 3.8) is 0 Å². The van der Waals surface area contributed by atoms with Gasteiger partial charge >= 0.3 is 0 Å². The Bertz CT molecular complexity index is 653. The highest BCUT2D eigenvalue weighted by Gasteiger charge is 2.14. The molecule has 6 nitrogen and oxygen atoms in total. The first kappa shape index (κ1) is 15.0. The van der Waals surface area contributed by atoms with Gasteiger partial charge in [0.25, 0.3) is 5.91 Å². The first-order valence-corrected chi connectivity index (χ1v) is 6.68. The molecule has 112 valence electrons. The van der Waals surface area contributed by atoms with Crippen LogP contribution in [0.15, 0.2) is 18.5 Å². The molecule has 0 saturated heterocycles. The van der Waals surface area contributed by atoms with Crippen LogP contribution < -0.4 is 10.6 Å². The number of carbonyl (C=O) groups is 1. The molecule has 1 amide bonds. The maximum atomic E-state index is 13.3.